The lowest BCUT2D eigenvalue weighted by atomic mass is 10.0. The Bertz CT molecular complexity index is 922. The fourth-order valence-electron chi connectivity index (χ4n) is 3.68. The first-order valence-electron chi connectivity index (χ1n) is 9.11. The van der Waals surface area contributed by atoms with Crippen molar-refractivity contribution in [2.45, 2.75) is 19.4 Å². The van der Waals surface area contributed by atoms with Gasteiger partial charge in [0.2, 0.25) is 11.8 Å². The molecule has 28 heavy (non-hydrogen) atoms. The van der Waals surface area contributed by atoms with Crippen molar-refractivity contribution < 1.29 is 19.5 Å². The van der Waals surface area contributed by atoms with Crippen LogP contribution in [0, 0.1) is 0 Å². The third-order valence-corrected chi connectivity index (χ3v) is 7.22. The van der Waals surface area contributed by atoms with Crippen LogP contribution in [-0.2, 0) is 29.0 Å². The van der Waals surface area contributed by atoms with Gasteiger partial charge in [-0.05, 0) is 23.4 Å². The maximum Gasteiger partial charge on any atom is 0.257 e. The Balaban J connectivity index is 1.64. The number of nitrogens with zero attached hydrogens (tertiary/aromatic N) is 3. The van der Waals surface area contributed by atoms with Gasteiger partial charge in [0.1, 0.15) is 11.5 Å². The number of aliphatic hydroxyl groups is 1. The first-order valence-corrected chi connectivity index (χ1v) is 10.8. The average molecular weight is 420 g/mol. The molecule has 4 rings (SSSR count). The third-order valence-electron chi connectivity index (χ3n) is 5.10. The molecular formula is C19H21N3O4S2. The molecule has 9 heteroatoms. The molecule has 7 nitrogen and oxygen atoms in total. The summed E-state index contributed by atoms with van der Waals surface area (Å²) < 4.78 is 0. The molecule has 3 amide bonds. The second-order valence-electron chi connectivity index (χ2n) is 6.94. The van der Waals surface area contributed by atoms with Crippen LogP contribution in [0.15, 0.2) is 17.5 Å². The van der Waals surface area contributed by atoms with Crippen molar-refractivity contribution >= 4 is 45.4 Å². The molecule has 2 aromatic rings. The van der Waals surface area contributed by atoms with E-state index in [1.807, 2.05) is 22.4 Å². The second kappa shape index (κ2) is 7.65. The number of rotatable bonds is 4. The quantitative estimate of drug-likeness (QED) is 0.811. The van der Waals surface area contributed by atoms with Gasteiger partial charge in [0.05, 0.1) is 25.1 Å². The zero-order valence-electron chi connectivity index (χ0n) is 15.5. The number of anilines is 1. The highest BCUT2D eigenvalue weighted by Gasteiger charge is 2.37. The Labute approximate surface area is 170 Å². The van der Waals surface area contributed by atoms with Crippen LogP contribution in [0.3, 0.4) is 0 Å². The summed E-state index contributed by atoms with van der Waals surface area (Å²) in [6.07, 6.45) is 0.979. The Morgan fingerprint density at radius 2 is 2.11 bits per heavy atom. The van der Waals surface area contributed by atoms with Gasteiger partial charge in [0, 0.05) is 29.9 Å². The zero-order chi connectivity index (χ0) is 19.8. The number of hydrogen-bond acceptors (Lipinski definition) is 6. The minimum atomic E-state index is -0.201. The number of carbonyl (C=O) groups is 3. The van der Waals surface area contributed by atoms with Crippen LogP contribution in [0.4, 0.5) is 5.00 Å². The standard InChI is InChI=1S/C19H21N3O4S2/c1-20-11-16(25)22(6-7-23)19-17(18(20)26)13-4-5-21(10-14(13)28-19)15(24)9-12-3-2-8-27-12/h2-3,8,23H,4-7,9-11H2,1H3. The normalized spacial score (nSPS) is 16.9. The molecule has 0 aliphatic carbocycles. The van der Waals surface area contributed by atoms with Crippen molar-refractivity contribution in [1.29, 1.82) is 0 Å². The van der Waals surface area contributed by atoms with E-state index in [1.54, 1.807) is 18.4 Å². The largest absolute Gasteiger partial charge is 0.395 e. The summed E-state index contributed by atoms with van der Waals surface area (Å²) in [6.45, 7) is 1.01. The summed E-state index contributed by atoms with van der Waals surface area (Å²) in [4.78, 5) is 44.9. The average Bonchev–Trinajstić information content (AvgIpc) is 3.30. The van der Waals surface area contributed by atoms with Crippen molar-refractivity contribution in [3.05, 3.63) is 38.4 Å². The summed E-state index contributed by atoms with van der Waals surface area (Å²) in [5.74, 6) is -0.295. The van der Waals surface area contributed by atoms with Crippen LogP contribution >= 0.6 is 22.7 Å². The predicted molar refractivity (Wildman–Crippen MR) is 108 cm³/mol. The smallest absolute Gasteiger partial charge is 0.257 e. The topological polar surface area (TPSA) is 81.2 Å². The summed E-state index contributed by atoms with van der Waals surface area (Å²) in [5.41, 5.74) is 1.50. The van der Waals surface area contributed by atoms with Crippen LogP contribution in [0.2, 0.25) is 0 Å². The first kappa shape index (κ1) is 19.1. The van der Waals surface area contributed by atoms with E-state index in [4.69, 9.17) is 0 Å². The summed E-state index contributed by atoms with van der Waals surface area (Å²) in [7, 11) is 1.62. The van der Waals surface area contributed by atoms with Crippen molar-refractivity contribution in [2.75, 3.05) is 38.2 Å². The Kier molecular flexibility index (Phi) is 5.22. The zero-order valence-corrected chi connectivity index (χ0v) is 17.1. The number of amides is 3. The fourth-order valence-corrected chi connectivity index (χ4v) is 5.77. The highest BCUT2D eigenvalue weighted by Crippen LogP contribution is 2.41. The molecule has 2 aromatic heterocycles. The number of thiophene rings is 2. The molecule has 0 atom stereocenters. The molecule has 4 heterocycles. The highest BCUT2D eigenvalue weighted by atomic mass is 32.1. The maximum absolute atomic E-state index is 12.9. The number of likely N-dealkylation sites (N-methyl/N-ethyl adjacent to an activating group) is 1. The second-order valence-corrected chi connectivity index (χ2v) is 9.05. The molecule has 2 aliphatic rings. The van der Waals surface area contributed by atoms with Crippen molar-refractivity contribution in [3.8, 4) is 0 Å². The lowest BCUT2D eigenvalue weighted by molar-refractivity contribution is -0.131. The van der Waals surface area contributed by atoms with Gasteiger partial charge in [-0.25, -0.2) is 0 Å². The summed E-state index contributed by atoms with van der Waals surface area (Å²) in [6, 6.07) is 3.89. The number of hydrogen-bond donors (Lipinski definition) is 1. The van der Waals surface area contributed by atoms with E-state index in [-0.39, 0.29) is 37.4 Å². The van der Waals surface area contributed by atoms with E-state index < -0.39 is 0 Å². The van der Waals surface area contributed by atoms with Gasteiger partial charge < -0.3 is 14.9 Å². The molecule has 0 fully saturated rings. The van der Waals surface area contributed by atoms with Crippen molar-refractivity contribution in [3.63, 3.8) is 0 Å². The van der Waals surface area contributed by atoms with Gasteiger partial charge in [0.15, 0.2) is 0 Å². The third kappa shape index (κ3) is 3.34. The van der Waals surface area contributed by atoms with Crippen LogP contribution in [0.1, 0.15) is 25.7 Å². The van der Waals surface area contributed by atoms with Crippen LogP contribution in [-0.4, -0.2) is 65.9 Å². The monoisotopic (exact) mass is 419 g/mol. The van der Waals surface area contributed by atoms with Gasteiger partial charge in [-0.2, -0.15) is 0 Å². The van der Waals surface area contributed by atoms with Crippen molar-refractivity contribution in [1.82, 2.24) is 9.80 Å². The molecular weight excluding hydrogens is 398 g/mol. The van der Waals surface area contributed by atoms with E-state index in [9.17, 15) is 19.5 Å². The molecule has 0 bridgehead atoms. The van der Waals surface area contributed by atoms with Gasteiger partial charge >= 0.3 is 0 Å². The van der Waals surface area contributed by atoms with E-state index >= 15 is 0 Å². The van der Waals surface area contributed by atoms with Gasteiger partial charge in [-0.1, -0.05) is 6.07 Å². The van der Waals surface area contributed by atoms with E-state index in [0.29, 0.717) is 36.5 Å². The van der Waals surface area contributed by atoms with Crippen LogP contribution < -0.4 is 4.90 Å². The molecule has 2 aliphatic heterocycles. The Morgan fingerprint density at radius 1 is 1.29 bits per heavy atom. The van der Waals surface area contributed by atoms with Crippen molar-refractivity contribution in [2.24, 2.45) is 0 Å². The van der Waals surface area contributed by atoms with Gasteiger partial charge in [-0.3, -0.25) is 19.3 Å². The number of fused-ring (bicyclic) bond motifs is 3. The first-order chi connectivity index (χ1) is 13.5. The number of carbonyl (C=O) groups excluding carboxylic acids is 3. The maximum atomic E-state index is 12.9. The van der Waals surface area contributed by atoms with E-state index in [2.05, 4.69) is 0 Å². The molecule has 1 N–H and O–H groups in total. The van der Waals surface area contributed by atoms with Gasteiger partial charge in [-0.15, -0.1) is 22.7 Å². The number of aliphatic hydroxyl groups excluding tert-OH is 1. The minimum Gasteiger partial charge on any atom is -0.395 e. The van der Waals surface area contributed by atoms with Gasteiger partial charge in [0.25, 0.3) is 5.91 Å². The molecule has 0 aromatic carbocycles. The number of β-amino-alcohol motifs (C(OH)–C–C–N with tert-alkyl or cyclic N) is 1. The summed E-state index contributed by atoms with van der Waals surface area (Å²) in [5, 5.41) is 11.9. The molecule has 148 valence electrons. The molecule has 0 saturated heterocycles. The predicted octanol–water partition coefficient (Wildman–Crippen LogP) is 1.35. The molecule has 0 saturated carbocycles. The summed E-state index contributed by atoms with van der Waals surface area (Å²) >= 11 is 2.96. The van der Waals surface area contributed by atoms with Crippen LogP contribution in [0.25, 0.3) is 0 Å². The Hall–Kier alpha value is -2.23. The van der Waals surface area contributed by atoms with Crippen LogP contribution in [0.5, 0.6) is 0 Å². The fraction of sp³-hybridized carbons (Fsp3) is 0.421. The lowest BCUT2D eigenvalue weighted by Crippen LogP contribution is -2.39. The molecule has 0 unspecified atom stereocenters. The minimum absolute atomic E-state index is 0.000428. The van der Waals surface area contributed by atoms with E-state index in [1.165, 1.54) is 21.1 Å². The molecule has 0 spiro atoms. The highest BCUT2D eigenvalue weighted by molar-refractivity contribution is 7.17. The Morgan fingerprint density at radius 3 is 2.82 bits per heavy atom. The SMILES string of the molecule is CN1CC(=O)N(CCO)c2sc3c(c2C1=O)CCN(C(=O)Cc1cccs1)C3. The lowest BCUT2D eigenvalue weighted by Gasteiger charge is -2.27. The molecule has 0 radical (unpaired) electrons. The van der Waals surface area contributed by atoms with E-state index in [0.717, 1.165) is 15.3 Å².